The topological polar surface area (TPSA) is 37.3 Å². The van der Waals surface area contributed by atoms with E-state index in [-0.39, 0.29) is 0 Å². The number of aliphatic carboxylic acids is 1. The van der Waals surface area contributed by atoms with Crippen LogP contribution in [0.1, 0.15) is 25.8 Å². The molecular weight excluding hydrogens is 247 g/mol. The normalized spacial score (nSPS) is 12.2. The van der Waals surface area contributed by atoms with E-state index in [0.29, 0.717) is 27.6 Å². The average molecular weight is 259 g/mol. The maximum atomic E-state index is 11.0. The molecule has 0 spiro atoms. The third-order valence-electron chi connectivity index (χ3n) is 2.36. The van der Waals surface area contributed by atoms with Crippen LogP contribution in [0, 0.1) is 0 Å². The first-order chi connectivity index (χ1) is 7.45. The molecule has 2 nitrogen and oxygen atoms in total. The van der Waals surface area contributed by atoms with Gasteiger partial charge in [-0.1, -0.05) is 30.1 Å². The summed E-state index contributed by atoms with van der Waals surface area (Å²) >= 11 is 11.7. The standard InChI is InChI=1S/C12H12Cl2O2/c1-3-11(12(15)16)7(2)8-4-9(13)6-10(14)5-8/h4-6H,3H2,1-2H3,(H,15,16). The minimum Gasteiger partial charge on any atom is -0.478 e. The van der Waals surface area contributed by atoms with Crippen LogP contribution in [-0.4, -0.2) is 11.1 Å². The Morgan fingerprint density at radius 3 is 2.12 bits per heavy atom. The molecule has 0 amide bonds. The van der Waals surface area contributed by atoms with Gasteiger partial charge < -0.3 is 5.11 Å². The Balaban J connectivity index is 3.31. The molecule has 0 unspecified atom stereocenters. The molecule has 0 aliphatic heterocycles. The highest BCUT2D eigenvalue weighted by molar-refractivity contribution is 6.34. The summed E-state index contributed by atoms with van der Waals surface area (Å²) < 4.78 is 0. The number of halogens is 2. The van der Waals surface area contributed by atoms with E-state index in [1.54, 1.807) is 32.0 Å². The second kappa shape index (κ2) is 5.37. The number of allylic oxidation sites excluding steroid dienone is 1. The van der Waals surface area contributed by atoms with Crippen molar-refractivity contribution >= 4 is 34.7 Å². The lowest BCUT2D eigenvalue weighted by molar-refractivity contribution is -0.132. The van der Waals surface area contributed by atoms with Gasteiger partial charge in [0, 0.05) is 15.6 Å². The zero-order chi connectivity index (χ0) is 12.3. The molecule has 1 N–H and O–H groups in total. The van der Waals surface area contributed by atoms with Gasteiger partial charge in [-0.05, 0) is 42.7 Å². The van der Waals surface area contributed by atoms with Crippen LogP contribution in [0.25, 0.3) is 5.57 Å². The number of benzene rings is 1. The van der Waals surface area contributed by atoms with Crippen LogP contribution >= 0.6 is 23.2 Å². The monoisotopic (exact) mass is 258 g/mol. The molecule has 4 heteroatoms. The van der Waals surface area contributed by atoms with Crippen molar-refractivity contribution in [2.75, 3.05) is 0 Å². The van der Waals surface area contributed by atoms with Crippen LogP contribution in [0.4, 0.5) is 0 Å². The summed E-state index contributed by atoms with van der Waals surface area (Å²) in [5.74, 6) is -0.906. The lowest BCUT2D eigenvalue weighted by Crippen LogP contribution is -2.02. The lowest BCUT2D eigenvalue weighted by atomic mass is 10.00. The minimum absolute atomic E-state index is 0.373. The van der Waals surface area contributed by atoms with Gasteiger partial charge in [0.25, 0.3) is 0 Å². The van der Waals surface area contributed by atoms with E-state index in [1.165, 1.54) is 0 Å². The molecular formula is C12H12Cl2O2. The van der Waals surface area contributed by atoms with Gasteiger partial charge >= 0.3 is 5.97 Å². The average Bonchev–Trinajstić information content (AvgIpc) is 2.16. The summed E-state index contributed by atoms with van der Waals surface area (Å²) in [6.07, 6.45) is 0.464. The maximum absolute atomic E-state index is 11.0. The van der Waals surface area contributed by atoms with Crippen molar-refractivity contribution in [3.05, 3.63) is 39.4 Å². The summed E-state index contributed by atoms with van der Waals surface area (Å²) in [5.41, 5.74) is 1.81. The van der Waals surface area contributed by atoms with Crippen LogP contribution in [0.5, 0.6) is 0 Å². The Bertz CT molecular complexity index is 430. The van der Waals surface area contributed by atoms with Gasteiger partial charge in [0.05, 0.1) is 0 Å². The van der Waals surface area contributed by atoms with Crippen LogP contribution < -0.4 is 0 Å². The fourth-order valence-electron chi connectivity index (χ4n) is 1.52. The highest BCUT2D eigenvalue weighted by Gasteiger charge is 2.11. The van der Waals surface area contributed by atoms with E-state index in [9.17, 15) is 4.79 Å². The van der Waals surface area contributed by atoms with E-state index >= 15 is 0 Å². The molecule has 1 rings (SSSR count). The van der Waals surface area contributed by atoms with Crippen LogP contribution in [0.3, 0.4) is 0 Å². The molecule has 0 aromatic heterocycles. The van der Waals surface area contributed by atoms with Crippen molar-refractivity contribution in [1.29, 1.82) is 0 Å². The minimum atomic E-state index is -0.906. The number of carboxylic acid groups (broad SMARTS) is 1. The molecule has 0 atom stereocenters. The van der Waals surface area contributed by atoms with Crippen molar-refractivity contribution in [3.63, 3.8) is 0 Å². The van der Waals surface area contributed by atoms with Gasteiger partial charge in [-0.3, -0.25) is 0 Å². The molecule has 0 aliphatic carbocycles. The summed E-state index contributed by atoms with van der Waals surface area (Å²) in [6, 6.07) is 5.04. The molecule has 0 bridgehead atoms. The van der Waals surface area contributed by atoms with E-state index < -0.39 is 5.97 Å². The highest BCUT2D eigenvalue weighted by atomic mass is 35.5. The zero-order valence-corrected chi connectivity index (χ0v) is 10.6. The van der Waals surface area contributed by atoms with Crippen molar-refractivity contribution in [2.45, 2.75) is 20.3 Å². The van der Waals surface area contributed by atoms with Crippen molar-refractivity contribution < 1.29 is 9.90 Å². The van der Waals surface area contributed by atoms with Gasteiger partial charge in [-0.2, -0.15) is 0 Å². The summed E-state index contributed by atoms with van der Waals surface area (Å²) in [4.78, 5) is 11.0. The lowest BCUT2D eigenvalue weighted by Gasteiger charge is -2.07. The second-order valence-corrected chi connectivity index (χ2v) is 4.29. The highest BCUT2D eigenvalue weighted by Crippen LogP contribution is 2.26. The van der Waals surface area contributed by atoms with Crippen LogP contribution in [-0.2, 0) is 4.79 Å². The molecule has 0 saturated carbocycles. The fourth-order valence-corrected chi connectivity index (χ4v) is 2.05. The molecule has 86 valence electrons. The third kappa shape index (κ3) is 3.00. The van der Waals surface area contributed by atoms with Gasteiger partial charge in [-0.15, -0.1) is 0 Å². The van der Waals surface area contributed by atoms with Crippen molar-refractivity contribution in [3.8, 4) is 0 Å². The number of carboxylic acids is 1. The predicted octanol–water partition coefficient (Wildman–Crippen LogP) is 4.26. The Hall–Kier alpha value is -0.990. The van der Waals surface area contributed by atoms with Crippen LogP contribution in [0.2, 0.25) is 10.0 Å². The molecule has 0 aliphatic rings. The molecule has 16 heavy (non-hydrogen) atoms. The number of hydrogen-bond donors (Lipinski definition) is 1. The van der Waals surface area contributed by atoms with Crippen LogP contribution in [0.15, 0.2) is 23.8 Å². The largest absolute Gasteiger partial charge is 0.478 e. The summed E-state index contributed by atoms with van der Waals surface area (Å²) in [6.45, 7) is 3.56. The Labute approximate surface area is 104 Å². The quantitative estimate of drug-likeness (QED) is 0.823. The smallest absolute Gasteiger partial charge is 0.331 e. The Morgan fingerprint density at radius 1 is 1.25 bits per heavy atom. The first kappa shape index (κ1) is 13.1. The van der Waals surface area contributed by atoms with E-state index in [1.807, 2.05) is 0 Å². The summed E-state index contributed by atoms with van der Waals surface area (Å²) in [5, 5.41) is 10.0. The molecule has 0 heterocycles. The van der Waals surface area contributed by atoms with Crippen molar-refractivity contribution in [1.82, 2.24) is 0 Å². The van der Waals surface area contributed by atoms with E-state index in [0.717, 1.165) is 5.56 Å². The molecule has 0 saturated heterocycles. The van der Waals surface area contributed by atoms with Crippen molar-refractivity contribution in [2.24, 2.45) is 0 Å². The van der Waals surface area contributed by atoms with E-state index in [2.05, 4.69) is 0 Å². The van der Waals surface area contributed by atoms with Gasteiger partial charge in [0.15, 0.2) is 0 Å². The third-order valence-corrected chi connectivity index (χ3v) is 2.80. The number of hydrogen-bond acceptors (Lipinski definition) is 1. The molecule has 0 radical (unpaired) electrons. The van der Waals surface area contributed by atoms with Gasteiger partial charge in [-0.25, -0.2) is 4.79 Å². The molecule has 1 aromatic carbocycles. The summed E-state index contributed by atoms with van der Waals surface area (Å²) in [7, 11) is 0. The van der Waals surface area contributed by atoms with Gasteiger partial charge in [0.2, 0.25) is 0 Å². The predicted molar refractivity (Wildman–Crippen MR) is 67.0 cm³/mol. The zero-order valence-electron chi connectivity index (χ0n) is 9.05. The second-order valence-electron chi connectivity index (χ2n) is 3.42. The van der Waals surface area contributed by atoms with Gasteiger partial charge in [0.1, 0.15) is 0 Å². The number of rotatable bonds is 3. The number of carbonyl (C=O) groups is 1. The Kier molecular flexibility index (Phi) is 4.39. The maximum Gasteiger partial charge on any atom is 0.331 e. The fraction of sp³-hybridized carbons (Fsp3) is 0.250. The Morgan fingerprint density at radius 2 is 1.75 bits per heavy atom. The molecule has 0 fully saturated rings. The first-order valence-electron chi connectivity index (χ1n) is 4.85. The SMILES string of the molecule is CCC(C(=O)O)=C(C)c1cc(Cl)cc(Cl)c1. The van der Waals surface area contributed by atoms with E-state index in [4.69, 9.17) is 28.3 Å². The molecule has 1 aromatic rings. The first-order valence-corrected chi connectivity index (χ1v) is 5.60.